The summed E-state index contributed by atoms with van der Waals surface area (Å²) in [5.41, 5.74) is 0.528. The van der Waals surface area contributed by atoms with E-state index in [1.807, 2.05) is 13.8 Å². The molecule has 0 saturated carbocycles. The first-order valence-electron chi connectivity index (χ1n) is 3.68. The molecule has 1 heterocycles. The van der Waals surface area contributed by atoms with Crippen LogP contribution in [0.15, 0.2) is 11.3 Å². The van der Waals surface area contributed by atoms with Gasteiger partial charge in [-0.2, -0.15) is 0 Å². The highest BCUT2D eigenvalue weighted by molar-refractivity contribution is 5.26. The van der Waals surface area contributed by atoms with Gasteiger partial charge < -0.3 is 5.32 Å². The highest BCUT2D eigenvalue weighted by Gasteiger charge is 2.35. The molecular weight excluding hydrogens is 148 g/mol. The van der Waals surface area contributed by atoms with Gasteiger partial charge in [0.1, 0.15) is 0 Å². The van der Waals surface area contributed by atoms with Crippen molar-refractivity contribution in [2.75, 3.05) is 6.54 Å². The molecule has 64 valence electrons. The van der Waals surface area contributed by atoms with Crippen molar-refractivity contribution in [3.8, 4) is 0 Å². The molecule has 0 saturated heterocycles. The molecule has 0 bridgehead atoms. The topological polar surface area (TPSA) is 12.0 Å². The highest BCUT2D eigenvalue weighted by atomic mass is 19.3. The van der Waals surface area contributed by atoms with Crippen LogP contribution in [0.4, 0.5) is 8.78 Å². The molecule has 1 aliphatic heterocycles. The van der Waals surface area contributed by atoms with Crippen LogP contribution in [0.3, 0.4) is 0 Å². The summed E-state index contributed by atoms with van der Waals surface area (Å²) in [6.45, 7) is 5.99. The summed E-state index contributed by atoms with van der Waals surface area (Å²) in [6, 6.07) is 0. The summed E-state index contributed by atoms with van der Waals surface area (Å²) in [4.78, 5) is 0. The molecule has 3 heteroatoms. The second kappa shape index (κ2) is 2.47. The van der Waals surface area contributed by atoms with E-state index >= 15 is 0 Å². The lowest BCUT2D eigenvalue weighted by Crippen LogP contribution is -2.22. The molecule has 0 aromatic heterocycles. The van der Waals surface area contributed by atoms with Crippen LogP contribution < -0.4 is 5.32 Å². The normalized spacial score (nSPS) is 22.7. The Balaban J connectivity index is 2.95. The van der Waals surface area contributed by atoms with E-state index in [1.54, 1.807) is 6.92 Å². The SMILES string of the molecule is CC1=C(C(F)F)C(C)(C)CN1. The van der Waals surface area contributed by atoms with Crippen molar-refractivity contribution >= 4 is 0 Å². The molecule has 1 rings (SSSR count). The molecule has 0 fully saturated rings. The first-order chi connectivity index (χ1) is 4.95. The Hall–Kier alpha value is -0.600. The van der Waals surface area contributed by atoms with Crippen LogP contribution >= 0.6 is 0 Å². The van der Waals surface area contributed by atoms with E-state index in [-0.39, 0.29) is 11.0 Å². The minimum Gasteiger partial charge on any atom is -0.388 e. The van der Waals surface area contributed by atoms with E-state index in [1.165, 1.54) is 0 Å². The van der Waals surface area contributed by atoms with E-state index in [0.717, 1.165) is 0 Å². The van der Waals surface area contributed by atoms with Crippen molar-refractivity contribution < 1.29 is 8.78 Å². The third-order valence-corrected chi connectivity index (χ3v) is 2.15. The molecule has 0 atom stereocenters. The minimum absolute atomic E-state index is 0.262. The van der Waals surface area contributed by atoms with E-state index in [0.29, 0.717) is 12.2 Å². The van der Waals surface area contributed by atoms with Crippen LogP contribution in [0.25, 0.3) is 0 Å². The van der Waals surface area contributed by atoms with Crippen molar-refractivity contribution in [3.05, 3.63) is 11.3 Å². The predicted molar refractivity (Wildman–Crippen MR) is 40.5 cm³/mol. The molecule has 11 heavy (non-hydrogen) atoms. The number of alkyl halides is 2. The zero-order chi connectivity index (χ0) is 8.65. The van der Waals surface area contributed by atoms with Gasteiger partial charge in [0.25, 0.3) is 6.43 Å². The Morgan fingerprint density at radius 2 is 2.00 bits per heavy atom. The molecule has 1 nitrogen and oxygen atoms in total. The van der Waals surface area contributed by atoms with Gasteiger partial charge in [-0.1, -0.05) is 13.8 Å². The van der Waals surface area contributed by atoms with Gasteiger partial charge in [0.15, 0.2) is 0 Å². The van der Waals surface area contributed by atoms with Gasteiger partial charge in [0.05, 0.1) is 0 Å². The van der Waals surface area contributed by atoms with Gasteiger partial charge in [0, 0.05) is 23.2 Å². The Bertz CT molecular complexity index is 194. The van der Waals surface area contributed by atoms with Gasteiger partial charge in [-0.25, -0.2) is 8.78 Å². The minimum atomic E-state index is -2.32. The number of hydrogen-bond donors (Lipinski definition) is 1. The van der Waals surface area contributed by atoms with Crippen LogP contribution in [0.1, 0.15) is 20.8 Å². The standard InChI is InChI=1S/C8H13F2N/c1-5-6(7(9)10)8(2,3)4-11-5/h7,11H,4H2,1-3H3. The molecule has 0 aromatic rings. The first-order valence-corrected chi connectivity index (χ1v) is 3.68. The molecule has 0 aromatic carbocycles. The fraction of sp³-hybridized carbons (Fsp3) is 0.750. The summed E-state index contributed by atoms with van der Waals surface area (Å²) in [7, 11) is 0. The third kappa shape index (κ3) is 1.37. The van der Waals surface area contributed by atoms with Crippen molar-refractivity contribution in [2.45, 2.75) is 27.2 Å². The summed E-state index contributed by atoms with van der Waals surface area (Å²) in [6.07, 6.45) is -2.32. The summed E-state index contributed by atoms with van der Waals surface area (Å²) in [5.74, 6) is 0. The lowest BCUT2D eigenvalue weighted by molar-refractivity contribution is 0.163. The van der Waals surface area contributed by atoms with Crippen LogP contribution in [0, 0.1) is 5.41 Å². The largest absolute Gasteiger partial charge is 0.388 e. The molecule has 0 aliphatic carbocycles. The van der Waals surface area contributed by atoms with E-state index < -0.39 is 6.43 Å². The smallest absolute Gasteiger partial charge is 0.262 e. The molecule has 1 aliphatic rings. The Labute approximate surface area is 65.5 Å². The van der Waals surface area contributed by atoms with E-state index in [4.69, 9.17) is 0 Å². The lowest BCUT2D eigenvalue weighted by atomic mass is 9.86. The van der Waals surface area contributed by atoms with Crippen molar-refractivity contribution in [2.24, 2.45) is 5.41 Å². The molecule has 0 radical (unpaired) electrons. The molecule has 0 unspecified atom stereocenters. The van der Waals surface area contributed by atoms with Gasteiger partial charge in [-0.3, -0.25) is 0 Å². The van der Waals surface area contributed by atoms with Crippen LogP contribution in [0.5, 0.6) is 0 Å². The fourth-order valence-electron chi connectivity index (χ4n) is 1.51. The maximum absolute atomic E-state index is 12.4. The second-order valence-corrected chi connectivity index (χ2v) is 3.58. The average molecular weight is 161 g/mol. The molecule has 0 spiro atoms. The van der Waals surface area contributed by atoms with Gasteiger partial charge in [0.2, 0.25) is 0 Å². The number of rotatable bonds is 1. The first kappa shape index (κ1) is 8.50. The zero-order valence-corrected chi connectivity index (χ0v) is 7.04. The van der Waals surface area contributed by atoms with E-state index in [9.17, 15) is 8.78 Å². The Morgan fingerprint density at radius 1 is 1.45 bits per heavy atom. The maximum Gasteiger partial charge on any atom is 0.262 e. The zero-order valence-electron chi connectivity index (χ0n) is 7.04. The van der Waals surface area contributed by atoms with Crippen molar-refractivity contribution in [1.82, 2.24) is 5.32 Å². The van der Waals surface area contributed by atoms with Crippen molar-refractivity contribution in [1.29, 1.82) is 0 Å². The number of halogens is 2. The van der Waals surface area contributed by atoms with E-state index in [2.05, 4.69) is 5.32 Å². The van der Waals surface area contributed by atoms with Crippen molar-refractivity contribution in [3.63, 3.8) is 0 Å². The highest BCUT2D eigenvalue weighted by Crippen LogP contribution is 2.36. The summed E-state index contributed by atoms with van der Waals surface area (Å²) in [5, 5.41) is 2.94. The number of allylic oxidation sites excluding steroid dienone is 1. The Morgan fingerprint density at radius 3 is 2.18 bits per heavy atom. The lowest BCUT2D eigenvalue weighted by Gasteiger charge is -2.20. The third-order valence-electron chi connectivity index (χ3n) is 2.15. The molecule has 1 N–H and O–H groups in total. The molecule has 0 amide bonds. The predicted octanol–water partition coefficient (Wildman–Crippen LogP) is 2.15. The average Bonchev–Trinajstić information content (AvgIpc) is 2.06. The van der Waals surface area contributed by atoms with Gasteiger partial charge in [-0.05, 0) is 6.92 Å². The maximum atomic E-state index is 12.4. The monoisotopic (exact) mass is 161 g/mol. The number of nitrogens with one attached hydrogen (secondary N) is 1. The summed E-state index contributed by atoms with van der Waals surface area (Å²) < 4.78 is 24.8. The Kier molecular flexibility index (Phi) is 1.90. The number of hydrogen-bond acceptors (Lipinski definition) is 1. The van der Waals surface area contributed by atoms with Crippen LogP contribution in [-0.4, -0.2) is 13.0 Å². The quantitative estimate of drug-likeness (QED) is 0.621. The fourth-order valence-corrected chi connectivity index (χ4v) is 1.51. The second-order valence-electron chi connectivity index (χ2n) is 3.58. The van der Waals surface area contributed by atoms with Gasteiger partial charge in [-0.15, -0.1) is 0 Å². The molecular formula is C8H13F2N. The van der Waals surface area contributed by atoms with Crippen LogP contribution in [-0.2, 0) is 0 Å². The summed E-state index contributed by atoms with van der Waals surface area (Å²) >= 11 is 0. The van der Waals surface area contributed by atoms with Crippen LogP contribution in [0.2, 0.25) is 0 Å². The van der Waals surface area contributed by atoms with Gasteiger partial charge >= 0.3 is 0 Å².